The van der Waals surface area contributed by atoms with Crippen LogP contribution in [0.3, 0.4) is 0 Å². The van der Waals surface area contributed by atoms with Gasteiger partial charge in [0.2, 0.25) is 5.95 Å². The van der Waals surface area contributed by atoms with Crippen LogP contribution in [0.5, 0.6) is 0 Å². The van der Waals surface area contributed by atoms with Gasteiger partial charge < -0.3 is 25.0 Å². The number of amides is 1. The Morgan fingerprint density at radius 3 is 2.17 bits per heavy atom. The molecular weight excluding hydrogens is 735 g/mol. The van der Waals surface area contributed by atoms with E-state index in [0.717, 1.165) is 38.1 Å². The summed E-state index contributed by atoms with van der Waals surface area (Å²) in [5.74, 6) is 0.0273. The van der Waals surface area contributed by atoms with E-state index in [4.69, 9.17) is 9.47 Å². The summed E-state index contributed by atoms with van der Waals surface area (Å²) in [6.07, 6.45) is -12.5. The molecule has 2 fully saturated rings. The molecule has 2 N–H and O–H groups in total. The number of ether oxygens (including phenoxy) is 2. The number of anilines is 3. The van der Waals surface area contributed by atoms with Crippen molar-refractivity contribution in [3.05, 3.63) is 76.1 Å². The van der Waals surface area contributed by atoms with E-state index in [1.807, 2.05) is 6.92 Å². The molecule has 2 aromatic carbocycles. The Morgan fingerprint density at radius 2 is 1.56 bits per heavy atom. The summed E-state index contributed by atoms with van der Waals surface area (Å²) < 4.78 is 136. The fourth-order valence-electron chi connectivity index (χ4n) is 7.12. The Labute approximate surface area is 305 Å². The van der Waals surface area contributed by atoms with Crippen molar-refractivity contribution in [1.29, 1.82) is 0 Å². The molecule has 0 aliphatic carbocycles. The number of nitrogens with one attached hydrogen (secondary N) is 2. The first-order valence-electron chi connectivity index (χ1n) is 17.6. The van der Waals surface area contributed by atoms with Crippen LogP contribution in [0.25, 0.3) is 0 Å². The number of nitrogens with zero attached hydrogens (tertiary/aromatic N) is 4. The van der Waals surface area contributed by atoms with E-state index in [9.17, 15) is 44.3 Å². The maximum Gasteiger partial charge on any atom is 0.416 e. The second-order valence-corrected chi connectivity index (χ2v) is 13.6. The first-order chi connectivity index (χ1) is 25.5. The number of rotatable bonds is 8. The zero-order valence-corrected chi connectivity index (χ0v) is 29.2. The van der Waals surface area contributed by atoms with Crippen molar-refractivity contribution >= 4 is 23.4 Å². The van der Waals surface area contributed by atoms with E-state index in [-0.39, 0.29) is 53.5 Å². The number of carbonyl (C=O) groups is 1. The van der Waals surface area contributed by atoms with E-state index >= 15 is 0 Å². The number of hydrogen-bond acceptors (Lipinski definition) is 8. The molecule has 2 saturated heterocycles. The standard InChI is InChI=1S/C36H39F9N6O3/c1-2-26-18-28(27-17-23(34(37,38)39)3-4-30(27)51(26)33(52)54-20-21-5-7-46-8-6-21)48-32-47-19-31(50-9-11-53-12-10-50)29(49-32)15-22-13-24(35(40,41)42)16-25(14-22)36(43,44)45/h3-4,13-14,16-17,19,21,26,28,46H,2,5-12,15,18,20H2,1H3,(H,47,48,49)/t26-,28+/m1/s1. The van der Waals surface area contributed by atoms with Crippen LogP contribution in [0.4, 0.5) is 61.6 Å². The summed E-state index contributed by atoms with van der Waals surface area (Å²) in [5.41, 5.74) is -3.46. The number of fused-ring (bicyclic) bond motifs is 1. The number of alkyl halides is 9. The summed E-state index contributed by atoms with van der Waals surface area (Å²) >= 11 is 0. The van der Waals surface area contributed by atoms with E-state index in [0.29, 0.717) is 50.5 Å². The second-order valence-electron chi connectivity index (χ2n) is 13.6. The zero-order chi connectivity index (χ0) is 38.8. The summed E-state index contributed by atoms with van der Waals surface area (Å²) in [6.45, 7) is 4.84. The van der Waals surface area contributed by atoms with Crippen LogP contribution in [-0.4, -0.2) is 68.1 Å². The van der Waals surface area contributed by atoms with Gasteiger partial charge in [-0.1, -0.05) is 6.92 Å². The molecule has 0 bridgehead atoms. The Bertz CT molecular complexity index is 1760. The molecule has 3 aromatic rings. The van der Waals surface area contributed by atoms with Crippen LogP contribution in [0.2, 0.25) is 0 Å². The minimum atomic E-state index is -5.06. The average Bonchev–Trinajstić information content (AvgIpc) is 3.13. The Morgan fingerprint density at radius 1 is 0.907 bits per heavy atom. The predicted octanol–water partition coefficient (Wildman–Crippen LogP) is 8.24. The highest BCUT2D eigenvalue weighted by Gasteiger charge is 2.40. The van der Waals surface area contributed by atoms with E-state index in [1.165, 1.54) is 17.2 Å². The van der Waals surface area contributed by atoms with Crippen LogP contribution in [0.1, 0.15) is 72.2 Å². The molecule has 0 unspecified atom stereocenters. The predicted molar refractivity (Wildman–Crippen MR) is 180 cm³/mol. The third-order valence-electron chi connectivity index (χ3n) is 9.95. The van der Waals surface area contributed by atoms with Crippen molar-refractivity contribution in [1.82, 2.24) is 15.3 Å². The van der Waals surface area contributed by atoms with Crippen molar-refractivity contribution in [2.24, 2.45) is 5.92 Å². The quantitative estimate of drug-likeness (QED) is 0.221. The lowest BCUT2D eigenvalue weighted by Crippen LogP contribution is -2.46. The second kappa shape index (κ2) is 15.8. The maximum absolute atomic E-state index is 14.0. The first-order valence-corrected chi connectivity index (χ1v) is 17.6. The van der Waals surface area contributed by atoms with E-state index < -0.39 is 59.8 Å². The molecular formula is C36H39F9N6O3. The number of hydrogen-bond donors (Lipinski definition) is 2. The third-order valence-corrected chi connectivity index (χ3v) is 9.95. The van der Waals surface area contributed by atoms with Crippen LogP contribution in [0, 0.1) is 5.92 Å². The summed E-state index contributed by atoms with van der Waals surface area (Å²) in [6, 6.07) is 2.96. The fourth-order valence-corrected chi connectivity index (χ4v) is 7.12. The molecule has 1 amide bonds. The van der Waals surface area contributed by atoms with E-state index in [2.05, 4.69) is 20.6 Å². The van der Waals surface area contributed by atoms with Crippen molar-refractivity contribution in [3.8, 4) is 0 Å². The van der Waals surface area contributed by atoms with Crippen LogP contribution >= 0.6 is 0 Å². The molecule has 3 aliphatic heterocycles. The number of morpholine rings is 1. The molecule has 0 spiro atoms. The summed E-state index contributed by atoms with van der Waals surface area (Å²) in [7, 11) is 0. The number of aromatic nitrogens is 2. The zero-order valence-electron chi connectivity index (χ0n) is 29.2. The van der Waals surface area contributed by atoms with Crippen molar-refractivity contribution in [2.45, 2.75) is 69.6 Å². The summed E-state index contributed by atoms with van der Waals surface area (Å²) in [4.78, 5) is 25.7. The number of piperidine rings is 1. The van der Waals surface area contributed by atoms with Crippen molar-refractivity contribution < 1.29 is 53.8 Å². The molecule has 0 saturated carbocycles. The lowest BCUT2D eigenvalue weighted by atomic mass is 9.89. The first kappa shape index (κ1) is 39.4. The molecule has 54 heavy (non-hydrogen) atoms. The topological polar surface area (TPSA) is 91.9 Å². The number of halogens is 9. The maximum atomic E-state index is 14.0. The van der Waals surface area contributed by atoms with Gasteiger partial charge in [-0.3, -0.25) is 4.90 Å². The highest BCUT2D eigenvalue weighted by molar-refractivity contribution is 5.90. The molecule has 4 heterocycles. The fraction of sp³-hybridized carbons (Fsp3) is 0.528. The van der Waals surface area contributed by atoms with Gasteiger partial charge in [0.15, 0.2) is 0 Å². The van der Waals surface area contributed by atoms with Gasteiger partial charge >= 0.3 is 24.6 Å². The molecule has 3 aliphatic rings. The van der Waals surface area contributed by atoms with Gasteiger partial charge in [-0.25, -0.2) is 14.8 Å². The normalized spacial score (nSPS) is 20.1. The van der Waals surface area contributed by atoms with Crippen LogP contribution < -0.4 is 20.4 Å². The summed E-state index contributed by atoms with van der Waals surface area (Å²) in [5, 5.41) is 6.31. The highest BCUT2D eigenvalue weighted by Crippen LogP contribution is 2.44. The molecule has 1 aromatic heterocycles. The van der Waals surface area contributed by atoms with Crippen LogP contribution in [0.15, 0.2) is 42.6 Å². The molecule has 18 heteroatoms. The van der Waals surface area contributed by atoms with Gasteiger partial charge in [0, 0.05) is 25.6 Å². The third kappa shape index (κ3) is 9.13. The lowest BCUT2D eigenvalue weighted by molar-refractivity contribution is -0.143. The SMILES string of the molecule is CC[C@@H]1C[C@H](Nc2ncc(N3CCOCC3)c(Cc3cc(C(F)(F)F)cc(C(F)(F)F)c3)n2)c2cc(C(F)(F)F)ccc2N1C(=O)OCC1CCNCC1. The monoisotopic (exact) mass is 774 g/mol. The smallest absolute Gasteiger partial charge is 0.416 e. The van der Waals surface area contributed by atoms with Crippen LogP contribution in [-0.2, 0) is 34.4 Å². The minimum absolute atomic E-state index is 0.0474. The van der Waals surface area contributed by atoms with Gasteiger partial charge in [-0.2, -0.15) is 39.5 Å². The number of carbonyl (C=O) groups excluding carboxylic acids is 1. The van der Waals surface area contributed by atoms with E-state index in [1.54, 1.807) is 4.90 Å². The van der Waals surface area contributed by atoms with Gasteiger partial charge in [0.1, 0.15) is 0 Å². The lowest BCUT2D eigenvalue weighted by Gasteiger charge is -2.40. The van der Waals surface area contributed by atoms with Gasteiger partial charge in [-0.15, -0.1) is 0 Å². The minimum Gasteiger partial charge on any atom is -0.449 e. The molecule has 2 atom stereocenters. The number of benzene rings is 2. The Hall–Kier alpha value is -4.32. The van der Waals surface area contributed by atoms with Crippen molar-refractivity contribution in [3.63, 3.8) is 0 Å². The Balaban J connectivity index is 1.36. The molecule has 9 nitrogen and oxygen atoms in total. The molecule has 0 radical (unpaired) electrons. The molecule has 294 valence electrons. The van der Waals surface area contributed by atoms with Gasteiger partial charge in [0.05, 0.1) is 65.8 Å². The van der Waals surface area contributed by atoms with Crippen molar-refractivity contribution in [2.75, 3.05) is 61.1 Å². The Kier molecular flexibility index (Phi) is 11.5. The van der Waals surface area contributed by atoms with Gasteiger partial charge in [-0.05, 0) is 92.2 Å². The van der Waals surface area contributed by atoms with Gasteiger partial charge in [0.25, 0.3) is 0 Å². The largest absolute Gasteiger partial charge is 0.449 e. The highest BCUT2D eigenvalue weighted by atomic mass is 19.4. The molecule has 6 rings (SSSR count). The average molecular weight is 775 g/mol.